The smallest absolute Gasteiger partial charge is 0.330 e. The number of hydrogen-bond acceptors (Lipinski definition) is 27. The number of carbonyl (C=O) groups excluding carboxylic acids is 7. The molecule has 8 aliphatic heterocycles. The number of primary amides is 1. The van der Waals surface area contributed by atoms with Gasteiger partial charge in [-0.2, -0.15) is 0 Å². The Morgan fingerprint density at radius 2 is 1.27 bits per heavy atom. The average molecular weight is 1790 g/mol. The normalized spacial score (nSPS) is 29.9. The number of aromatic hydroxyl groups is 3. The van der Waals surface area contributed by atoms with E-state index in [0.717, 1.165) is 53.1 Å². The highest BCUT2D eigenvalue weighted by Gasteiger charge is 2.53. The van der Waals surface area contributed by atoms with Crippen molar-refractivity contribution in [3.05, 3.63) is 176 Å². The second-order valence-electron chi connectivity index (χ2n) is 33.6. The van der Waals surface area contributed by atoms with E-state index in [1.165, 1.54) is 56.3 Å². The third-order valence-electron chi connectivity index (χ3n) is 23.8. The van der Waals surface area contributed by atoms with Gasteiger partial charge in [-0.1, -0.05) is 110 Å². The van der Waals surface area contributed by atoms with E-state index in [4.69, 9.17) is 84.2 Å². The molecule has 19 N–H and O–H groups in total. The van der Waals surface area contributed by atoms with E-state index in [1.54, 1.807) is 32.9 Å². The fraction of sp³-hybridized carbons (Fsp3) is 0.438. The Kier molecular flexibility index (Phi) is 28.3. The number of carbonyl (C=O) groups is 8. The van der Waals surface area contributed by atoms with Crippen LogP contribution in [0.4, 0.5) is 0 Å². The molecule has 7 aromatic carbocycles. The van der Waals surface area contributed by atoms with Crippen molar-refractivity contribution in [1.82, 2.24) is 26.6 Å². The zero-order chi connectivity index (χ0) is 90.3. The molecule has 15 rings (SSSR count). The lowest BCUT2D eigenvalue weighted by molar-refractivity contribution is -0.334. The van der Waals surface area contributed by atoms with Crippen LogP contribution in [0.5, 0.6) is 46.0 Å². The number of ether oxygens (including phenoxy) is 8. The van der Waals surface area contributed by atoms with Gasteiger partial charge in [-0.05, 0) is 152 Å². The summed E-state index contributed by atoms with van der Waals surface area (Å²) >= 11 is 20.9. The maximum Gasteiger partial charge on any atom is 0.330 e. The number of carboxylic acids is 1. The predicted molar refractivity (Wildman–Crippen MR) is 449 cm³/mol. The van der Waals surface area contributed by atoms with Crippen LogP contribution in [0.15, 0.2) is 127 Å². The number of halogens is 3. The summed E-state index contributed by atoms with van der Waals surface area (Å²) in [5, 5.41) is 131. The first-order valence-corrected chi connectivity index (χ1v) is 42.0. The summed E-state index contributed by atoms with van der Waals surface area (Å²) in [5.41, 5.74) is 10.2. The molecule has 0 aliphatic carbocycles. The molecule has 125 heavy (non-hydrogen) atoms. The molecule has 36 heteroatoms. The minimum absolute atomic E-state index is 0.0360. The van der Waals surface area contributed by atoms with Crippen molar-refractivity contribution >= 4 is 81.9 Å². The first-order chi connectivity index (χ1) is 59.2. The SMILES string of the molecule is CC[C@H](CC(C)C)C(=O)N[C@H]1C(=O)C[C@@H](CC(N)=O)C(=O)N[C@H]2C(=O)C[C@H]3C(=O)N[C@H](C(=O)N[C@H](C(=O)O)c4cc(O)cc(O)c4-c4cc3ccc4O)[C@H](O[C@H]3C[C@](C)(N)[C@@H](O)[C@H](C)O3)c3ccc(c(Cl)c3)Oc3cc2cc(c3O[C@@H]2O[C@H](CO)[C@@H](O)[C@H](O)[C@H]2O[C@H]2C[C@](C)(NCc3ccc(-c4ccc(Cl)cc4)cc3)[C@@H](O)[C@H](C)O2)Oc2ccc(cc2Cl)[C@H]1O. The van der Waals surface area contributed by atoms with Crippen molar-refractivity contribution in [2.24, 2.45) is 29.2 Å². The van der Waals surface area contributed by atoms with E-state index in [1.807, 2.05) is 50.2 Å². The lowest BCUT2D eigenvalue weighted by atomic mass is 9.84. The highest BCUT2D eigenvalue weighted by Crippen LogP contribution is 2.51. The number of phenolic OH excluding ortho intramolecular Hbond substituents is 3. The zero-order valence-electron chi connectivity index (χ0n) is 68.9. The quantitative estimate of drug-likeness (QED) is 0.0365. The van der Waals surface area contributed by atoms with E-state index >= 15 is 24.0 Å². The molecule has 8 aliphatic rings. The summed E-state index contributed by atoms with van der Waals surface area (Å²) in [6.45, 7) is 11.0. The van der Waals surface area contributed by atoms with E-state index in [9.17, 15) is 65.4 Å². The van der Waals surface area contributed by atoms with Gasteiger partial charge in [0.25, 0.3) is 0 Å². The minimum atomic E-state index is -2.28. The molecule has 0 unspecified atom stereocenters. The third-order valence-corrected chi connectivity index (χ3v) is 24.6. The van der Waals surface area contributed by atoms with Crippen LogP contribution in [0.1, 0.15) is 157 Å². The monoisotopic (exact) mass is 1790 g/mol. The first-order valence-electron chi connectivity index (χ1n) is 40.8. The Bertz CT molecular complexity index is 5240. The highest BCUT2D eigenvalue weighted by atomic mass is 35.5. The van der Waals surface area contributed by atoms with Crippen LogP contribution in [0, 0.1) is 17.8 Å². The van der Waals surface area contributed by atoms with Crippen LogP contribution < -0.4 is 52.3 Å². The second-order valence-corrected chi connectivity index (χ2v) is 34.8. The summed E-state index contributed by atoms with van der Waals surface area (Å²) in [7, 11) is 0. The zero-order valence-corrected chi connectivity index (χ0v) is 71.2. The van der Waals surface area contributed by atoms with Gasteiger partial charge < -0.3 is 127 Å². The van der Waals surface area contributed by atoms with Crippen molar-refractivity contribution in [2.75, 3.05) is 6.61 Å². The number of amides is 5. The topological polar surface area (TPSA) is 525 Å². The van der Waals surface area contributed by atoms with E-state index in [2.05, 4.69) is 26.6 Å². The number of rotatable bonds is 19. The summed E-state index contributed by atoms with van der Waals surface area (Å²) in [6, 6.07) is 21.0. The van der Waals surface area contributed by atoms with Crippen molar-refractivity contribution in [1.29, 1.82) is 0 Å². The molecule has 7 aromatic rings. The number of aliphatic hydroxyl groups excluding tert-OH is 6. The van der Waals surface area contributed by atoms with E-state index in [0.29, 0.717) is 11.4 Å². The van der Waals surface area contributed by atoms with Crippen LogP contribution in [0.2, 0.25) is 15.1 Å². The second kappa shape index (κ2) is 38.2. The molecule has 3 saturated heterocycles. The molecule has 5 amide bonds. The number of aliphatic hydroxyl groups is 6. The van der Waals surface area contributed by atoms with Gasteiger partial charge in [-0.25, -0.2) is 4.79 Å². The summed E-state index contributed by atoms with van der Waals surface area (Å²) in [4.78, 5) is 122. The van der Waals surface area contributed by atoms with Gasteiger partial charge in [0.15, 0.2) is 47.8 Å². The minimum Gasteiger partial charge on any atom is -0.508 e. The van der Waals surface area contributed by atoms with E-state index < -0.39 is 268 Å². The number of ketones is 2. The highest BCUT2D eigenvalue weighted by molar-refractivity contribution is 6.32. The summed E-state index contributed by atoms with van der Waals surface area (Å²) in [5.74, 6) is -19.2. The molecule has 3 fully saturated rings. The Morgan fingerprint density at radius 3 is 1.88 bits per heavy atom. The first kappa shape index (κ1) is 92.5. The molecule has 0 spiro atoms. The van der Waals surface area contributed by atoms with Crippen LogP contribution in [-0.4, -0.2) is 196 Å². The molecule has 668 valence electrons. The number of hydrogen-bond donors (Lipinski definition) is 17. The Labute approximate surface area is 732 Å². The van der Waals surface area contributed by atoms with Crippen molar-refractivity contribution in [2.45, 2.75) is 221 Å². The molecule has 33 nitrogen and oxygen atoms in total. The van der Waals surface area contributed by atoms with Crippen LogP contribution in [0.3, 0.4) is 0 Å². The maximum atomic E-state index is 16.7. The average Bonchev–Trinajstić information content (AvgIpc) is 0.762. The molecule has 8 heterocycles. The standard InChI is InChI=1S/C89H100Cl3N7O26/c1-8-42(23-38(2)3)82(112)98-72-59(104)27-49(30-66(93)106)83(113)96-70-48-28-63(120-61-21-16-46(74(72)107)25-55(61)91)78(125-87-79(76(109)75(108)65(37-100)122-87)124-68-35-89(7,81(111)40(5)119-68)95-36-41-9-11-43(12-10-41)44-13-18-50(90)19-14-44)64(29-48)121-62-22-17-47(26-56(62)92)77(123-67-34-88(6,94)80(110)39(4)118-67)73-85(115)97-71(86(116)117)54-31-51(101)32-58(103)69(54)53-24-45(15-20-57(53)102)52(33-60(70)105)84(114)99-73/h9-22,24-26,28-29,31-32,38-40,42,49,52,65,67-68,70-77,79-81,87,95,100-103,107-111H,8,23,27,30,33-37,94H2,1-7H3,(H2,93,106)(H,96,113)(H,97,115)(H,98,112)(H,99,114)(H,116,117)/t39-,40-,42+,49-,52+,65+,67-,68-,70+,71-,72-,73-,74+,75+,76-,77+,79+,80-,81-,87-,88-,89-/m0/s1. The molecule has 22 atom stereocenters. The fourth-order valence-electron chi connectivity index (χ4n) is 16.9. The lowest BCUT2D eigenvalue weighted by Gasteiger charge is -2.48. The number of aliphatic carboxylic acids is 1. The number of phenols is 3. The van der Waals surface area contributed by atoms with Crippen LogP contribution in [-0.2, 0) is 68.6 Å². The number of nitrogens with one attached hydrogen (secondary N) is 5. The third kappa shape index (κ3) is 20.3. The molecule has 0 saturated carbocycles. The van der Waals surface area contributed by atoms with Gasteiger partial charge in [0.2, 0.25) is 41.6 Å². The van der Waals surface area contributed by atoms with Gasteiger partial charge >= 0.3 is 5.97 Å². The van der Waals surface area contributed by atoms with Gasteiger partial charge in [0.05, 0.1) is 52.9 Å². The number of benzene rings is 7. The number of nitrogens with two attached hydrogens (primary N) is 2. The number of fused-ring (bicyclic) bond motifs is 15. The molecular formula is C89H100Cl3N7O26. The maximum absolute atomic E-state index is 16.7. The van der Waals surface area contributed by atoms with Crippen molar-refractivity contribution in [3.8, 4) is 68.2 Å². The van der Waals surface area contributed by atoms with Gasteiger partial charge in [-0.15, -0.1) is 0 Å². The number of carboxylic acid groups (broad SMARTS) is 1. The molecule has 0 aromatic heterocycles. The molecule has 0 radical (unpaired) electrons. The van der Waals surface area contributed by atoms with Gasteiger partial charge in [0.1, 0.15) is 77.4 Å². The number of Topliss-reactive ketones (excluding diaryl/α,β-unsaturated/α-hetero) is 2. The molecular weight excluding hydrogens is 1690 g/mol. The van der Waals surface area contributed by atoms with Gasteiger partial charge in [0, 0.05) is 83.4 Å². The summed E-state index contributed by atoms with van der Waals surface area (Å²) < 4.78 is 53.1. The predicted octanol–water partition coefficient (Wildman–Crippen LogP) is 7.91. The van der Waals surface area contributed by atoms with Crippen molar-refractivity contribution in [3.63, 3.8) is 0 Å². The van der Waals surface area contributed by atoms with Crippen LogP contribution >= 0.6 is 34.8 Å². The molecule has 11 bridgehead atoms. The fourth-order valence-corrected chi connectivity index (χ4v) is 17.5. The summed E-state index contributed by atoms with van der Waals surface area (Å²) in [6.07, 6.45) is -24.2. The largest absolute Gasteiger partial charge is 0.508 e. The van der Waals surface area contributed by atoms with Crippen molar-refractivity contribution < 1.29 is 127 Å². The van der Waals surface area contributed by atoms with E-state index in [-0.39, 0.29) is 64.9 Å². The lowest BCUT2D eigenvalue weighted by Crippen LogP contribution is -2.65. The van der Waals surface area contributed by atoms with Gasteiger partial charge in [-0.3, -0.25) is 33.6 Å². The Morgan fingerprint density at radius 1 is 0.656 bits per heavy atom. The Balaban J connectivity index is 1.02. The van der Waals surface area contributed by atoms with Crippen LogP contribution in [0.25, 0.3) is 22.3 Å². The Hall–Kier alpha value is -10.2.